The molecule has 0 aliphatic carbocycles. The summed E-state index contributed by atoms with van der Waals surface area (Å²) >= 11 is 0. The lowest BCUT2D eigenvalue weighted by molar-refractivity contribution is 0.308. The predicted molar refractivity (Wildman–Crippen MR) is 65.4 cm³/mol. The summed E-state index contributed by atoms with van der Waals surface area (Å²) in [6.45, 7) is 7.68. The van der Waals surface area contributed by atoms with Crippen molar-refractivity contribution in [2.45, 2.75) is 20.3 Å². The molecule has 4 nitrogen and oxygen atoms in total. The zero-order valence-corrected chi connectivity index (χ0v) is 9.90. The molecule has 86 valence electrons. The molecule has 0 amide bonds. The van der Waals surface area contributed by atoms with Crippen molar-refractivity contribution in [3.63, 3.8) is 0 Å². The summed E-state index contributed by atoms with van der Waals surface area (Å²) in [6, 6.07) is 6.16. The van der Waals surface area contributed by atoms with Crippen molar-refractivity contribution in [2.24, 2.45) is 0 Å². The van der Waals surface area contributed by atoms with Crippen LogP contribution in [0.1, 0.15) is 19.4 Å². The molecule has 1 heterocycles. The van der Waals surface area contributed by atoms with Crippen molar-refractivity contribution in [1.29, 1.82) is 0 Å². The molecule has 2 aromatic rings. The second kappa shape index (κ2) is 5.07. The van der Waals surface area contributed by atoms with Crippen LogP contribution in [0.3, 0.4) is 0 Å². The Balaban J connectivity index is 2.11. The number of hydrogen-bond acceptors (Lipinski definition) is 3. The molecule has 0 atom stereocenters. The largest absolute Gasteiger partial charge is 0.304 e. The van der Waals surface area contributed by atoms with E-state index >= 15 is 0 Å². The van der Waals surface area contributed by atoms with Gasteiger partial charge >= 0.3 is 0 Å². The van der Waals surface area contributed by atoms with Crippen molar-refractivity contribution in [1.82, 2.24) is 20.3 Å². The number of benzene rings is 1. The molecule has 0 radical (unpaired) electrons. The highest BCUT2D eigenvalue weighted by molar-refractivity contribution is 5.77. The van der Waals surface area contributed by atoms with Gasteiger partial charge in [0.25, 0.3) is 0 Å². The smallest absolute Gasteiger partial charge is 0.116 e. The lowest BCUT2D eigenvalue weighted by atomic mass is 10.1. The highest BCUT2D eigenvalue weighted by atomic mass is 15.3. The first kappa shape index (κ1) is 11.1. The van der Waals surface area contributed by atoms with Crippen LogP contribution in [0, 0.1) is 0 Å². The number of hydrogen-bond donors (Lipinski definition) is 1. The molecule has 0 aliphatic rings. The van der Waals surface area contributed by atoms with E-state index in [2.05, 4.69) is 40.2 Å². The monoisotopic (exact) mass is 218 g/mol. The molecule has 16 heavy (non-hydrogen) atoms. The van der Waals surface area contributed by atoms with Crippen LogP contribution in [0.5, 0.6) is 0 Å². The van der Waals surface area contributed by atoms with E-state index in [0.717, 1.165) is 37.1 Å². The van der Waals surface area contributed by atoms with E-state index in [1.165, 1.54) is 5.56 Å². The average molecular weight is 218 g/mol. The lowest BCUT2D eigenvalue weighted by Gasteiger charge is -2.17. The van der Waals surface area contributed by atoms with Crippen molar-refractivity contribution in [3.05, 3.63) is 23.8 Å². The number of aromatic nitrogens is 3. The fourth-order valence-electron chi connectivity index (χ4n) is 1.95. The Hall–Kier alpha value is -1.42. The van der Waals surface area contributed by atoms with E-state index < -0.39 is 0 Å². The van der Waals surface area contributed by atoms with Crippen LogP contribution in [0.15, 0.2) is 18.2 Å². The van der Waals surface area contributed by atoms with E-state index in [-0.39, 0.29) is 0 Å². The maximum atomic E-state index is 4.19. The van der Waals surface area contributed by atoms with E-state index in [4.69, 9.17) is 0 Å². The molecule has 0 unspecified atom stereocenters. The Labute approximate surface area is 95.6 Å². The van der Waals surface area contributed by atoms with Crippen molar-refractivity contribution in [2.75, 3.05) is 19.6 Å². The summed E-state index contributed by atoms with van der Waals surface area (Å²) in [5.74, 6) is 0. The first-order valence-corrected chi connectivity index (χ1v) is 5.85. The summed E-state index contributed by atoms with van der Waals surface area (Å²) < 4.78 is 0. The van der Waals surface area contributed by atoms with Gasteiger partial charge in [0.2, 0.25) is 0 Å². The third-order valence-electron chi connectivity index (χ3n) is 3.02. The van der Waals surface area contributed by atoms with Gasteiger partial charge in [-0.2, -0.15) is 15.4 Å². The Morgan fingerprint density at radius 2 is 2.00 bits per heavy atom. The first-order valence-electron chi connectivity index (χ1n) is 5.85. The number of para-hydroxylation sites is 1. The second-order valence-electron chi connectivity index (χ2n) is 3.89. The molecule has 2 rings (SSSR count). The van der Waals surface area contributed by atoms with Gasteiger partial charge in [0, 0.05) is 6.54 Å². The summed E-state index contributed by atoms with van der Waals surface area (Å²) in [4.78, 5) is 2.42. The normalized spacial score (nSPS) is 11.4. The van der Waals surface area contributed by atoms with Gasteiger partial charge in [-0.3, -0.25) is 0 Å². The third-order valence-corrected chi connectivity index (χ3v) is 3.02. The fraction of sp³-hybridized carbons (Fsp3) is 0.500. The molecular formula is C12H18N4. The van der Waals surface area contributed by atoms with Crippen LogP contribution in [-0.2, 0) is 6.42 Å². The van der Waals surface area contributed by atoms with Crippen molar-refractivity contribution in [3.8, 4) is 0 Å². The Bertz CT molecular complexity index is 445. The number of nitrogens with one attached hydrogen (secondary N) is 1. The molecule has 0 spiro atoms. The molecule has 4 heteroatoms. The highest BCUT2D eigenvalue weighted by Crippen LogP contribution is 2.14. The van der Waals surface area contributed by atoms with Gasteiger partial charge in [-0.1, -0.05) is 26.0 Å². The Kier molecular flexibility index (Phi) is 3.51. The van der Waals surface area contributed by atoms with Crippen LogP contribution in [0.4, 0.5) is 0 Å². The summed E-state index contributed by atoms with van der Waals surface area (Å²) in [6.07, 6.45) is 1.03. The van der Waals surface area contributed by atoms with Crippen molar-refractivity contribution >= 4 is 11.0 Å². The van der Waals surface area contributed by atoms with Crippen LogP contribution in [-0.4, -0.2) is 39.9 Å². The molecule has 0 aliphatic heterocycles. The summed E-state index contributed by atoms with van der Waals surface area (Å²) in [7, 11) is 0. The summed E-state index contributed by atoms with van der Waals surface area (Å²) in [5, 5.41) is 11.0. The minimum atomic E-state index is 0.956. The van der Waals surface area contributed by atoms with Gasteiger partial charge in [-0.25, -0.2) is 0 Å². The second-order valence-corrected chi connectivity index (χ2v) is 3.89. The molecule has 1 aromatic carbocycles. The molecule has 1 N–H and O–H groups in total. The first-order chi connectivity index (χ1) is 7.85. The van der Waals surface area contributed by atoms with E-state index in [9.17, 15) is 0 Å². The van der Waals surface area contributed by atoms with Gasteiger partial charge in [0.1, 0.15) is 11.0 Å². The zero-order chi connectivity index (χ0) is 11.4. The van der Waals surface area contributed by atoms with E-state index in [0.29, 0.717) is 0 Å². The van der Waals surface area contributed by atoms with E-state index in [1.807, 2.05) is 12.1 Å². The lowest BCUT2D eigenvalue weighted by Crippen LogP contribution is -2.25. The Morgan fingerprint density at radius 1 is 1.19 bits per heavy atom. The van der Waals surface area contributed by atoms with Crippen LogP contribution >= 0.6 is 0 Å². The number of rotatable bonds is 5. The standard InChI is InChI=1S/C12H18N4/c1-3-16(4-2)9-8-10-6-5-7-11-12(10)14-15-13-11/h5-7H,3-4,8-9H2,1-2H3,(H,13,14,15). The molecular weight excluding hydrogens is 200 g/mol. The van der Waals surface area contributed by atoms with Gasteiger partial charge in [-0.05, 0) is 31.1 Å². The number of aromatic amines is 1. The predicted octanol–water partition coefficient (Wildman–Crippen LogP) is 1.84. The number of fused-ring (bicyclic) bond motifs is 1. The fourth-order valence-corrected chi connectivity index (χ4v) is 1.95. The molecule has 0 saturated heterocycles. The SMILES string of the molecule is CCN(CC)CCc1cccc2n[nH]nc12. The third kappa shape index (κ3) is 2.22. The van der Waals surface area contributed by atoms with E-state index in [1.54, 1.807) is 0 Å². The molecule has 0 bridgehead atoms. The molecule has 0 fully saturated rings. The van der Waals surface area contributed by atoms with Crippen LogP contribution in [0.2, 0.25) is 0 Å². The van der Waals surface area contributed by atoms with Gasteiger partial charge in [0.15, 0.2) is 0 Å². The van der Waals surface area contributed by atoms with Gasteiger partial charge < -0.3 is 4.90 Å². The Morgan fingerprint density at radius 3 is 2.75 bits per heavy atom. The maximum Gasteiger partial charge on any atom is 0.116 e. The van der Waals surface area contributed by atoms with Gasteiger partial charge in [0.05, 0.1) is 0 Å². The van der Waals surface area contributed by atoms with Crippen LogP contribution < -0.4 is 0 Å². The zero-order valence-electron chi connectivity index (χ0n) is 9.90. The van der Waals surface area contributed by atoms with Gasteiger partial charge in [-0.15, -0.1) is 0 Å². The quantitative estimate of drug-likeness (QED) is 0.833. The minimum absolute atomic E-state index is 0.956. The molecule has 1 aromatic heterocycles. The topological polar surface area (TPSA) is 44.8 Å². The number of likely N-dealkylation sites (N-methyl/N-ethyl adjacent to an activating group) is 1. The minimum Gasteiger partial charge on any atom is -0.304 e. The maximum absolute atomic E-state index is 4.19. The highest BCUT2D eigenvalue weighted by Gasteiger charge is 2.06. The van der Waals surface area contributed by atoms with Crippen molar-refractivity contribution < 1.29 is 0 Å². The average Bonchev–Trinajstić information content (AvgIpc) is 2.79. The molecule has 0 saturated carbocycles. The van der Waals surface area contributed by atoms with Crippen LogP contribution in [0.25, 0.3) is 11.0 Å². The number of H-pyrrole nitrogens is 1. The summed E-state index contributed by atoms with van der Waals surface area (Å²) in [5.41, 5.74) is 3.24. The number of nitrogens with zero attached hydrogens (tertiary/aromatic N) is 3.